The van der Waals surface area contributed by atoms with E-state index in [4.69, 9.17) is 21.1 Å². The van der Waals surface area contributed by atoms with E-state index in [0.29, 0.717) is 27.1 Å². The molecule has 0 unspecified atom stereocenters. The standard InChI is InChI=1S/C12H8ClNO3S/c13-7-3-11(18-5-7)12(15)14-8-1-2-9-10(4-8)17-6-16-9/h1-5H,6H2,(H,14,15). The molecule has 0 bridgehead atoms. The SMILES string of the molecule is O=C(Nc1ccc2c(c1)OCO2)c1cc(Cl)cs1. The smallest absolute Gasteiger partial charge is 0.265 e. The lowest BCUT2D eigenvalue weighted by atomic mass is 10.2. The number of ether oxygens (including phenoxy) is 2. The first-order valence-corrected chi connectivity index (χ1v) is 6.43. The van der Waals surface area contributed by atoms with Gasteiger partial charge in [0.25, 0.3) is 5.91 Å². The first-order chi connectivity index (χ1) is 8.72. The average Bonchev–Trinajstić information content (AvgIpc) is 2.96. The van der Waals surface area contributed by atoms with Crippen LogP contribution in [0.25, 0.3) is 0 Å². The zero-order chi connectivity index (χ0) is 12.5. The van der Waals surface area contributed by atoms with E-state index in [0.717, 1.165) is 0 Å². The molecule has 1 amide bonds. The molecule has 2 heterocycles. The van der Waals surface area contributed by atoms with Crippen LogP contribution in [0.5, 0.6) is 11.5 Å². The number of hydrogen-bond donors (Lipinski definition) is 1. The lowest BCUT2D eigenvalue weighted by molar-refractivity contribution is 0.103. The minimum atomic E-state index is -0.189. The molecule has 92 valence electrons. The first kappa shape index (κ1) is 11.4. The molecule has 0 atom stereocenters. The Kier molecular flexibility index (Phi) is 2.85. The van der Waals surface area contributed by atoms with Gasteiger partial charge in [0.2, 0.25) is 6.79 Å². The molecule has 0 spiro atoms. The topological polar surface area (TPSA) is 47.6 Å². The van der Waals surface area contributed by atoms with Crippen molar-refractivity contribution in [3.8, 4) is 11.5 Å². The molecule has 0 saturated heterocycles. The highest BCUT2D eigenvalue weighted by Crippen LogP contribution is 2.34. The lowest BCUT2D eigenvalue weighted by Gasteiger charge is -2.04. The third-order valence-corrected chi connectivity index (χ3v) is 3.70. The molecule has 1 aromatic heterocycles. The van der Waals surface area contributed by atoms with E-state index in [1.54, 1.807) is 29.6 Å². The molecule has 1 aliphatic heterocycles. The van der Waals surface area contributed by atoms with Crippen LogP contribution in [0, 0.1) is 0 Å². The number of rotatable bonds is 2. The maximum absolute atomic E-state index is 11.9. The van der Waals surface area contributed by atoms with Gasteiger partial charge in [0.1, 0.15) is 0 Å². The van der Waals surface area contributed by atoms with Gasteiger partial charge in [-0.25, -0.2) is 0 Å². The van der Waals surface area contributed by atoms with Crippen molar-refractivity contribution in [3.63, 3.8) is 0 Å². The summed E-state index contributed by atoms with van der Waals surface area (Å²) in [5, 5.41) is 5.06. The van der Waals surface area contributed by atoms with Crippen molar-refractivity contribution in [2.75, 3.05) is 12.1 Å². The highest BCUT2D eigenvalue weighted by atomic mass is 35.5. The fourth-order valence-electron chi connectivity index (χ4n) is 1.60. The molecule has 0 radical (unpaired) electrons. The third-order valence-electron chi connectivity index (χ3n) is 2.42. The number of amides is 1. The molecular weight excluding hydrogens is 274 g/mol. The van der Waals surface area contributed by atoms with Crippen LogP contribution < -0.4 is 14.8 Å². The van der Waals surface area contributed by atoms with Crippen molar-refractivity contribution in [3.05, 3.63) is 39.5 Å². The van der Waals surface area contributed by atoms with E-state index < -0.39 is 0 Å². The predicted octanol–water partition coefficient (Wildman–Crippen LogP) is 3.38. The van der Waals surface area contributed by atoms with Crippen LogP contribution in [0.2, 0.25) is 5.02 Å². The Balaban J connectivity index is 1.78. The Morgan fingerprint density at radius 1 is 1.28 bits per heavy atom. The lowest BCUT2D eigenvalue weighted by Crippen LogP contribution is -2.09. The van der Waals surface area contributed by atoms with Crippen LogP contribution in [0.15, 0.2) is 29.6 Å². The first-order valence-electron chi connectivity index (χ1n) is 5.17. The number of anilines is 1. The van der Waals surface area contributed by atoms with Gasteiger partial charge >= 0.3 is 0 Å². The molecule has 18 heavy (non-hydrogen) atoms. The summed E-state index contributed by atoms with van der Waals surface area (Å²) >= 11 is 7.08. The Labute approximate surface area is 112 Å². The Bertz CT molecular complexity index is 611. The number of nitrogens with one attached hydrogen (secondary N) is 1. The quantitative estimate of drug-likeness (QED) is 0.918. The maximum atomic E-state index is 11.9. The van der Waals surface area contributed by atoms with Gasteiger partial charge < -0.3 is 14.8 Å². The molecule has 4 nitrogen and oxygen atoms in total. The molecular formula is C12H8ClNO3S. The minimum absolute atomic E-state index is 0.189. The summed E-state index contributed by atoms with van der Waals surface area (Å²) < 4.78 is 10.4. The van der Waals surface area contributed by atoms with E-state index in [1.165, 1.54) is 11.3 Å². The van der Waals surface area contributed by atoms with Crippen molar-refractivity contribution in [2.24, 2.45) is 0 Å². The number of hydrogen-bond acceptors (Lipinski definition) is 4. The number of fused-ring (bicyclic) bond motifs is 1. The van der Waals surface area contributed by atoms with Crippen LogP contribution in [-0.4, -0.2) is 12.7 Å². The van der Waals surface area contributed by atoms with Gasteiger partial charge in [0, 0.05) is 17.1 Å². The zero-order valence-electron chi connectivity index (χ0n) is 9.10. The highest BCUT2D eigenvalue weighted by Gasteiger charge is 2.15. The van der Waals surface area contributed by atoms with Gasteiger partial charge in [0.15, 0.2) is 11.5 Å². The highest BCUT2D eigenvalue weighted by molar-refractivity contribution is 7.12. The summed E-state index contributed by atoms with van der Waals surface area (Å²) in [5.74, 6) is 1.13. The predicted molar refractivity (Wildman–Crippen MR) is 69.8 cm³/mol. The Morgan fingerprint density at radius 3 is 2.89 bits per heavy atom. The average molecular weight is 282 g/mol. The van der Waals surface area contributed by atoms with Crippen LogP contribution in [-0.2, 0) is 0 Å². The summed E-state index contributed by atoms with van der Waals surface area (Å²) in [6.07, 6.45) is 0. The normalized spacial score (nSPS) is 12.5. The third kappa shape index (κ3) is 2.14. The van der Waals surface area contributed by atoms with Crippen LogP contribution in [0.3, 0.4) is 0 Å². The van der Waals surface area contributed by atoms with Gasteiger partial charge in [-0.05, 0) is 18.2 Å². The molecule has 1 N–H and O–H groups in total. The molecule has 1 aliphatic rings. The van der Waals surface area contributed by atoms with Gasteiger partial charge in [-0.3, -0.25) is 4.79 Å². The van der Waals surface area contributed by atoms with Crippen molar-refractivity contribution >= 4 is 34.5 Å². The van der Waals surface area contributed by atoms with Crippen molar-refractivity contribution < 1.29 is 14.3 Å². The minimum Gasteiger partial charge on any atom is -0.454 e. The fraction of sp³-hybridized carbons (Fsp3) is 0.0833. The molecule has 2 aromatic rings. The number of carbonyl (C=O) groups excluding carboxylic acids is 1. The Morgan fingerprint density at radius 2 is 2.11 bits per heavy atom. The second kappa shape index (κ2) is 4.51. The fourth-order valence-corrected chi connectivity index (χ4v) is 2.57. The Hall–Kier alpha value is -1.72. The van der Waals surface area contributed by atoms with Crippen molar-refractivity contribution in [1.82, 2.24) is 0 Å². The zero-order valence-corrected chi connectivity index (χ0v) is 10.7. The molecule has 0 aliphatic carbocycles. The largest absolute Gasteiger partial charge is 0.454 e. The molecule has 1 aromatic carbocycles. The second-order valence-corrected chi connectivity index (χ2v) is 5.00. The van der Waals surface area contributed by atoms with Gasteiger partial charge in [0.05, 0.1) is 9.90 Å². The summed E-state index contributed by atoms with van der Waals surface area (Å²) in [6.45, 7) is 0.216. The van der Waals surface area contributed by atoms with E-state index >= 15 is 0 Å². The molecule has 3 rings (SSSR count). The number of halogens is 1. The maximum Gasteiger partial charge on any atom is 0.265 e. The van der Waals surface area contributed by atoms with E-state index in [2.05, 4.69) is 5.32 Å². The number of carbonyl (C=O) groups is 1. The molecule has 0 saturated carbocycles. The van der Waals surface area contributed by atoms with Crippen LogP contribution in [0.1, 0.15) is 9.67 Å². The number of thiophene rings is 1. The van der Waals surface area contributed by atoms with Gasteiger partial charge in [-0.1, -0.05) is 11.6 Å². The van der Waals surface area contributed by atoms with Gasteiger partial charge in [-0.15, -0.1) is 11.3 Å². The summed E-state index contributed by atoms with van der Waals surface area (Å²) in [6, 6.07) is 6.89. The van der Waals surface area contributed by atoms with E-state index in [9.17, 15) is 4.79 Å². The van der Waals surface area contributed by atoms with Crippen molar-refractivity contribution in [1.29, 1.82) is 0 Å². The summed E-state index contributed by atoms with van der Waals surface area (Å²) in [7, 11) is 0. The monoisotopic (exact) mass is 281 g/mol. The van der Waals surface area contributed by atoms with E-state index in [1.807, 2.05) is 0 Å². The van der Waals surface area contributed by atoms with Crippen LogP contribution >= 0.6 is 22.9 Å². The number of benzene rings is 1. The summed E-state index contributed by atoms with van der Waals surface area (Å²) in [4.78, 5) is 12.5. The molecule has 6 heteroatoms. The van der Waals surface area contributed by atoms with Crippen molar-refractivity contribution in [2.45, 2.75) is 0 Å². The van der Waals surface area contributed by atoms with Gasteiger partial charge in [-0.2, -0.15) is 0 Å². The van der Waals surface area contributed by atoms with Crippen LogP contribution in [0.4, 0.5) is 5.69 Å². The summed E-state index contributed by atoms with van der Waals surface area (Å²) in [5.41, 5.74) is 0.661. The second-order valence-electron chi connectivity index (χ2n) is 3.65. The molecule has 0 fully saturated rings. The van der Waals surface area contributed by atoms with E-state index in [-0.39, 0.29) is 12.7 Å².